The molecule has 0 aliphatic rings. The Morgan fingerprint density at radius 2 is 1.60 bits per heavy atom. The summed E-state index contributed by atoms with van der Waals surface area (Å²) in [7, 11) is 0. The molecule has 0 saturated carbocycles. The molecule has 15 heavy (non-hydrogen) atoms. The predicted octanol–water partition coefficient (Wildman–Crippen LogP) is 3.94. The van der Waals surface area contributed by atoms with Gasteiger partial charge >= 0.3 is 0 Å². The number of hydrogen-bond acceptors (Lipinski definition) is 0. The van der Waals surface area contributed by atoms with Crippen molar-refractivity contribution in [1.29, 1.82) is 0 Å². The van der Waals surface area contributed by atoms with E-state index in [0.29, 0.717) is 5.56 Å². The summed E-state index contributed by atoms with van der Waals surface area (Å²) in [5.41, 5.74) is 2.16. The molecule has 0 bridgehead atoms. The van der Waals surface area contributed by atoms with E-state index in [0.717, 1.165) is 11.1 Å². The van der Waals surface area contributed by atoms with Crippen molar-refractivity contribution < 1.29 is 8.78 Å². The fraction of sp³-hybridized carbons (Fsp3) is 0.0769. The fourth-order valence-corrected chi connectivity index (χ4v) is 1.49. The second-order valence-corrected chi connectivity index (χ2v) is 3.47. The standard InChI is InChI=1S/C13H10F2/c1-9-7-11(5-6-13(9)15)10-3-2-4-12(14)8-10/h2-8H,1H3. The van der Waals surface area contributed by atoms with Gasteiger partial charge in [0.25, 0.3) is 0 Å². The monoisotopic (exact) mass is 204 g/mol. The van der Waals surface area contributed by atoms with Gasteiger partial charge in [-0.2, -0.15) is 0 Å². The molecule has 2 aromatic rings. The van der Waals surface area contributed by atoms with Crippen LogP contribution in [0.5, 0.6) is 0 Å². The van der Waals surface area contributed by atoms with Crippen LogP contribution in [0, 0.1) is 18.6 Å². The molecule has 2 heteroatoms. The van der Waals surface area contributed by atoms with E-state index in [1.165, 1.54) is 18.2 Å². The molecular weight excluding hydrogens is 194 g/mol. The Labute approximate surface area is 87.2 Å². The van der Waals surface area contributed by atoms with Gasteiger partial charge in [-0.3, -0.25) is 0 Å². The highest BCUT2D eigenvalue weighted by atomic mass is 19.1. The van der Waals surface area contributed by atoms with Crippen LogP contribution in [0.4, 0.5) is 8.78 Å². The first-order valence-corrected chi connectivity index (χ1v) is 4.69. The van der Waals surface area contributed by atoms with Gasteiger partial charge in [0.05, 0.1) is 0 Å². The van der Waals surface area contributed by atoms with E-state index >= 15 is 0 Å². The molecule has 0 heterocycles. The van der Waals surface area contributed by atoms with Gasteiger partial charge in [0.1, 0.15) is 11.6 Å². The molecule has 2 rings (SSSR count). The first-order chi connectivity index (χ1) is 7.16. The normalized spacial score (nSPS) is 10.3. The highest BCUT2D eigenvalue weighted by Gasteiger charge is 2.02. The minimum atomic E-state index is -0.283. The van der Waals surface area contributed by atoms with Crippen LogP contribution in [0.15, 0.2) is 42.5 Å². The van der Waals surface area contributed by atoms with Crippen molar-refractivity contribution in [3.8, 4) is 11.1 Å². The molecular formula is C13H10F2. The highest BCUT2D eigenvalue weighted by molar-refractivity contribution is 5.64. The summed E-state index contributed by atoms with van der Waals surface area (Å²) in [5.74, 6) is -0.523. The van der Waals surface area contributed by atoms with Gasteiger partial charge in [-0.25, -0.2) is 8.78 Å². The van der Waals surface area contributed by atoms with E-state index in [-0.39, 0.29) is 11.6 Å². The topological polar surface area (TPSA) is 0 Å². The zero-order valence-corrected chi connectivity index (χ0v) is 8.30. The lowest BCUT2D eigenvalue weighted by Gasteiger charge is -2.03. The van der Waals surface area contributed by atoms with Crippen molar-refractivity contribution in [1.82, 2.24) is 0 Å². The molecule has 0 aromatic heterocycles. The van der Waals surface area contributed by atoms with Crippen LogP contribution in [0.1, 0.15) is 5.56 Å². The Kier molecular flexibility index (Phi) is 2.50. The van der Waals surface area contributed by atoms with Gasteiger partial charge in [0, 0.05) is 0 Å². The summed E-state index contributed by atoms with van der Waals surface area (Å²) in [6.45, 7) is 1.69. The number of halogens is 2. The summed E-state index contributed by atoms with van der Waals surface area (Å²) in [6, 6.07) is 11.0. The number of hydrogen-bond donors (Lipinski definition) is 0. The van der Waals surface area contributed by atoms with Crippen LogP contribution in [-0.2, 0) is 0 Å². The molecule has 0 aliphatic heterocycles. The van der Waals surface area contributed by atoms with Gasteiger partial charge in [0.2, 0.25) is 0 Å². The van der Waals surface area contributed by atoms with Crippen LogP contribution in [0.3, 0.4) is 0 Å². The van der Waals surface area contributed by atoms with E-state index < -0.39 is 0 Å². The lowest BCUT2D eigenvalue weighted by molar-refractivity contribution is 0.618. The lowest BCUT2D eigenvalue weighted by Crippen LogP contribution is -1.85. The second kappa shape index (κ2) is 3.81. The van der Waals surface area contributed by atoms with Gasteiger partial charge in [-0.15, -0.1) is 0 Å². The van der Waals surface area contributed by atoms with E-state index in [1.807, 2.05) is 0 Å². The third kappa shape index (κ3) is 2.04. The molecule has 0 aliphatic carbocycles. The van der Waals surface area contributed by atoms with Gasteiger partial charge in [-0.1, -0.05) is 18.2 Å². The summed E-state index contributed by atoms with van der Waals surface area (Å²) in [6.07, 6.45) is 0. The average molecular weight is 204 g/mol. The van der Waals surface area contributed by atoms with Gasteiger partial charge < -0.3 is 0 Å². The van der Waals surface area contributed by atoms with Crippen LogP contribution in [0.2, 0.25) is 0 Å². The maximum absolute atomic E-state index is 13.0. The van der Waals surface area contributed by atoms with Crippen LogP contribution < -0.4 is 0 Å². The molecule has 0 radical (unpaired) electrons. The van der Waals surface area contributed by atoms with Crippen LogP contribution in [-0.4, -0.2) is 0 Å². The molecule has 0 unspecified atom stereocenters. The van der Waals surface area contributed by atoms with E-state index in [4.69, 9.17) is 0 Å². The first-order valence-electron chi connectivity index (χ1n) is 4.69. The van der Waals surface area contributed by atoms with E-state index in [9.17, 15) is 8.78 Å². The number of benzene rings is 2. The molecule has 0 atom stereocenters. The van der Waals surface area contributed by atoms with E-state index in [2.05, 4.69) is 0 Å². The molecule has 0 amide bonds. The van der Waals surface area contributed by atoms with Crippen molar-refractivity contribution in [3.63, 3.8) is 0 Å². The fourth-order valence-electron chi connectivity index (χ4n) is 1.49. The Morgan fingerprint density at radius 1 is 0.867 bits per heavy atom. The summed E-state index contributed by atoms with van der Waals surface area (Å²) in [5, 5.41) is 0. The summed E-state index contributed by atoms with van der Waals surface area (Å²) in [4.78, 5) is 0. The van der Waals surface area contributed by atoms with Crippen molar-refractivity contribution in [2.24, 2.45) is 0 Å². The average Bonchev–Trinajstić information content (AvgIpc) is 2.22. The van der Waals surface area contributed by atoms with Gasteiger partial charge in [-0.05, 0) is 47.9 Å². The maximum atomic E-state index is 13.0. The largest absolute Gasteiger partial charge is 0.207 e. The predicted molar refractivity (Wildman–Crippen MR) is 56.5 cm³/mol. The minimum Gasteiger partial charge on any atom is -0.207 e. The molecule has 76 valence electrons. The van der Waals surface area contributed by atoms with Crippen LogP contribution in [0.25, 0.3) is 11.1 Å². The summed E-state index contributed by atoms with van der Waals surface area (Å²) >= 11 is 0. The smallest absolute Gasteiger partial charge is 0.126 e. The minimum absolute atomic E-state index is 0.241. The van der Waals surface area contributed by atoms with Gasteiger partial charge in [0.15, 0.2) is 0 Å². The highest BCUT2D eigenvalue weighted by Crippen LogP contribution is 2.22. The maximum Gasteiger partial charge on any atom is 0.126 e. The quantitative estimate of drug-likeness (QED) is 0.660. The number of rotatable bonds is 1. The first kappa shape index (κ1) is 9.84. The third-order valence-electron chi connectivity index (χ3n) is 2.32. The Balaban J connectivity index is 2.50. The second-order valence-electron chi connectivity index (χ2n) is 3.47. The number of aryl methyl sites for hydroxylation is 1. The molecule has 2 aromatic carbocycles. The van der Waals surface area contributed by atoms with Crippen molar-refractivity contribution >= 4 is 0 Å². The Bertz CT molecular complexity index is 490. The van der Waals surface area contributed by atoms with E-state index in [1.54, 1.807) is 31.2 Å². The lowest BCUT2D eigenvalue weighted by atomic mass is 10.0. The molecule has 0 fully saturated rings. The third-order valence-corrected chi connectivity index (χ3v) is 2.32. The zero-order chi connectivity index (χ0) is 10.8. The summed E-state index contributed by atoms with van der Waals surface area (Å²) < 4.78 is 26.0. The zero-order valence-electron chi connectivity index (χ0n) is 8.30. The SMILES string of the molecule is Cc1cc(-c2cccc(F)c2)ccc1F. The molecule has 0 saturated heterocycles. The Hall–Kier alpha value is -1.70. The molecule has 0 N–H and O–H groups in total. The van der Waals surface area contributed by atoms with Crippen LogP contribution >= 0.6 is 0 Å². The Morgan fingerprint density at radius 3 is 2.27 bits per heavy atom. The molecule has 0 nitrogen and oxygen atoms in total. The van der Waals surface area contributed by atoms with Crippen molar-refractivity contribution in [2.75, 3.05) is 0 Å². The van der Waals surface area contributed by atoms with Crippen molar-refractivity contribution in [3.05, 3.63) is 59.7 Å². The molecule has 0 spiro atoms. The van der Waals surface area contributed by atoms with Crippen molar-refractivity contribution in [2.45, 2.75) is 6.92 Å².